The van der Waals surface area contributed by atoms with E-state index in [1.807, 2.05) is 13.1 Å². The Kier molecular flexibility index (Phi) is 5.12. The Labute approximate surface area is 128 Å². The zero-order valence-electron chi connectivity index (χ0n) is 13.1. The molecule has 2 fully saturated rings. The maximum Gasteiger partial charge on any atom is 0.119 e. The fourth-order valence-corrected chi connectivity index (χ4v) is 3.50. The molecular weight excluding hydrogens is 262 g/mol. The van der Waals surface area contributed by atoms with Gasteiger partial charge in [-0.3, -0.25) is 9.80 Å². The molecule has 2 saturated heterocycles. The number of nitrogens with one attached hydrogen (secondary N) is 1. The fourth-order valence-electron chi connectivity index (χ4n) is 3.50. The van der Waals surface area contributed by atoms with Gasteiger partial charge in [-0.15, -0.1) is 0 Å². The smallest absolute Gasteiger partial charge is 0.119 e. The molecule has 4 heteroatoms. The molecular formula is C17H27N3O. The molecule has 0 saturated carbocycles. The maximum absolute atomic E-state index is 5.92. The first-order valence-electron chi connectivity index (χ1n) is 8.18. The molecule has 21 heavy (non-hydrogen) atoms. The number of rotatable bonds is 6. The highest BCUT2D eigenvalue weighted by atomic mass is 16.5. The summed E-state index contributed by atoms with van der Waals surface area (Å²) < 4.78 is 5.92. The van der Waals surface area contributed by atoms with Gasteiger partial charge in [0.05, 0.1) is 0 Å². The van der Waals surface area contributed by atoms with E-state index in [1.165, 1.54) is 44.6 Å². The third-order valence-corrected chi connectivity index (χ3v) is 4.63. The van der Waals surface area contributed by atoms with Crippen molar-refractivity contribution in [3.8, 4) is 5.75 Å². The van der Waals surface area contributed by atoms with Crippen molar-refractivity contribution in [2.24, 2.45) is 0 Å². The minimum atomic E-state index is 0.787. The minimum Gasteiger partial charge on any atom is -0.492 e. The summed E-state index contributed by atoms with van der Waals surface area (Å²) in [5.41, 5.74) is 1.27. The van der Waals surface area contributed by atoms with Crippen LogP contribution in [-0.2, 0) is 6.54 Å². The summed E-state index contributed by atoms with van der Waals surface area (Å²) in [5, 5.41) is 3.17. The van der Waals surface area contributed by atoms with Crippen LogP contribution in [0.1, 0.15) is 18.4 Å². The molecule has 2 heterocycles. The third-order valence-electron chi connectivity index (χ3n) is 4.63. The van der Waals surface area contributed by atoms with Crippen LogP contribution in [0.2, 0.25) is 0 Å². The summed E-state index contributed by atoms with van der Waals surface area (Å²) >= 11 is 0. The quantitative estimate of drug-likeness (QED) is 0.860. The summed E-state index contributed by atoms with van der Waals surface area (Å²) in [5.74, 6) is 0.988. The highest BCUT2D eigenvalue weighted by Crippen LogP contribution is 2.21. The van der Waals surface area contributed by atoms with Gasteiger partial charge in [0.2, 0.25) is 0 Å². The zero-order chi connectivity index (χ0) is 14.5. The largest absolute Gasteiger partial charge is 0.492 e. The van der Waals surface area contributed by atoms with Gasteiger partial charge in [0.15, 0.2) is 0 Å². The van der Waals surface area contributed by atoms with Gasteiger partial charge in [0, 0.05) is 38.8 Å². The van der Waals surface area contributed by atoms with Crippen molar-refractivity contribution in [3.05, 3.63) is 29.8 Å². The molecule has 0 spiro atoms. The Bertz CT molecular complexity index is 451. The van der Waals surface area contributed by atoms with Crippen molar-refractivity contribution >= 4 is 0 Å². The first-order valence-corrected chi connectivity index (χ1v) is 8.18. The van der Waals surface area contributed by atoms with Gasteiger partial charge >= 0.3 is 0 Å². The van der Waals surface area contributed by atoms with Gasteiger partial charge in [-0.2, -0.15) is 0 Å². The highest BCUT2D eigenvalue weighted by molar-refractivity contribution is 5.28. The van der Waals surface area contributed by atoms with Crippen LogP contribution in [-0.4, -0.2) is 62.2 Å². The molecule has 2 aliphatic heterocycles. The number of benzene rings is 1. The van der Waals surface area contributed by atoms with Crippen LogP contribution >= 0.6 is 0 Å². The van der Waals surface area contributed by atoms with E-state index in [0.29, 0.717) is 0 Å². The number of piperazine rings is 1. The van der Waals surface area contributed by atoms with Crippen LogP contribution < -0.4 is 10.1 Å². The van der Waals surface area contributed by atoms with E-state index in [4.69, 9.17) is 4.74 Å². The van der Waals surface area contributed by atoms with Gasteiger partial charge in [-0.1, -0.05) is 12.1 Å². The van der Waals surface area contributed by atoms with Crippen molar-refractivity contribution in [1.82, 2.24) is 15.1 Å². The molecule has 4 nitrogen and oxygen atoms in total. The third kappa shape index (κ3) is 3.96. The number of ether oxygens (including phenoxy) is 1. The standard InChI is InChI=1S/C17H27N3O/c1-18-13-15-4-2-6-17(12-15)21-11-10-19-8-9-20-7-3-5-16(20)14-19/h2,4,6,12,16,18H,3,5,7-11,13-14H2,1H3. The predicted molar refractivity (Wildman–Crippen MR) is 85.7 cm³/mol. The molecule has 0 aromatic heterocycles. The minimum absolute atomic E-state index is 0.787. The number of hydrogen-bond acceptors (Lipinski definition) is 4. The van der Waals surface area contributed by atoms with E-state index in [-0.39, 0.29) is 0 Å². The van der Waals surface area contributed by atoms with Crippen LogP contribution in [0.15, 0.2) is 24.3 Å². The fraction of sp³-hybridized carbons (Fsp3) is 0.647. The predicted octanol–water partition coefficient (Wildman–Crippen LogP) is 1.56. The lowest BCUT2D eigenvalue weighted by molar-refractivity contribution is 0.0923. The van der Waals surface area contributed by atoms with Crippen LogP contribution in [0, 0.1) is 0 Å². The van der Waals surface area contributed by atoms with Crippen molar-refractivity contribution in [2.45, 2.75) is 25.4 Å². The molecule has 3 rings (SSSR count). The summed E-state index contributed by atoms with van der Waals surface area (Å²) in [6.07, 6.45) is 2.76. The van der Waals surface area contributed by atoms with E-state index < -0.39 is 0 Å². The monoisotopic (exact) mass is 289 g/mol. The Balaban J connectivity index is 1.42. The van der Waals surface area contributed by atoms with Crippen molar-refractivity contribution in [1.29, 1.82) is 0 Å². The Morgan fingerprint density at radius 1 is 1.29 bits per heavy atom. The number of hydrogen-bond donors (Lipinski definition) is 1. The topological polar surface area (TPSA) is 27.7 Å². The molecule has 2 aliphatic rings. The average molecular weight is 289 g/mol. The molecule has 1 atom stereocenters. The number of nitrogens with zero attached hydrogens (tertiary/aromatic N) is 2. The second-order valence-electron chi connectivity index (χ2n) is 6.16. The van der Waals surface area contributed by atoms with Crippen LogP contribution in [0.25, 0.3) is 0 Å². The molecule has 0 amide bonds. The lowest BCUT2D eigenvalue weighted by Crippen LogP contribution is -2.50. The lowest BCUT2D eigenvalue weighted by Gasteiger charge is -2.37. The summed E-state index contributed by atoms with van der Waals surface area (Å²) in [6, 6.07) is 9.18. The van der Waals surface area contributed by atoms with Gasteiger partial charge in [0.25, 0.3) is 0 Å². The van der Waals surface area contributed by atoms with Gasteiger partial charge in [0.1, 0.15) is 12.4 Å². The summed E-state index contributed by atoms with van der Waals surface area (Å²) in [7, 11) is 1.97. The van der Waals surface area contributed by atoms with Crippen molar-refractivity contribution < 1.29 is 4.74 Å². The Morgan fingerprint density at radius 2 is 2.24 bits per heavy atom. The van der Waals surface area contributed by atoms with Crippen LogP contribution in [0.5, 0.6) is 5.75 Å². The average Bonchev–Trinajstić information content (AvgIpc) is 2.96. The van der Waals surface area contributed by atoms with Gasteiger partial charge in [-0.25, -0.2) is 0 Å². The van der Waals surface area contributed by atoms with E-state index in [2.05, 4.69) is 33.3 Å². The second-order valence-corrected chi connectivity index (χ2v) is 6.16. The Morgan fingerprint density at radius 3 is 3.14 bits per heavy atom. The molecule has 0 aliphatic carbocycles. The van der Waals surface area contributed by atoms with Crippen LogP contribution in [0.4, 0.5) is 0 Å². The first kappa shape index (κ1) is 14.8. The van der Waals surface area contributed by atoms with Gasteiger partial charge < -0.3 is 10.1 Å². The molecule has 1 aromatic rings. The van der Waals surface area contributed by atoms with Crippen LogP contribution in [0.3, 0.4) is 0 Å². The molecule has 1 N–H and O–H groups in total. The maximum atomic E-state index is 5.92. The molecule has 1 aromatic carbocycles. The summed E-state index contributed by atoms with van der Waals surface area (Å²) in [4.78, 5) is 5.21. The van der Waals surface area contributed by atoms with Crippen molar-refractivity contribution in [2.75, 3.05) is 46.4 Å². The van der Waals surface area contributed by atoms with Gasteiger partial charge in [-0.05, 0) is 44.1 Å². The lowest BCUT2D eigenvalue weighted by atomic mass is 10.1. The first-order chi connectivity index (χ1) is 10.3. The van der Waals surface area contributed by atoms with E-state index in [9.17, 15) is 0 Å². The SMILES string of the molecule is CNCc1cccc(OCCN2CCN3CCCC3C2)c1. The molecule has 0 bridgehead atoms. The molecule has 1 unspecified atom stereocenters. The zero-order valence-corrected chi connectivity index (χ0v) is 13.1. The normalized spacial score (nSPS) is 23.2. The van der Waals surface area contributed by atoms with E-state index >= 15 is 0 Å². The molecule has 0 radical (unpaired) electrons. The number of fused-ring (bicyclic) bond motifs is 1. The molecule has 116 valence electrons. The summed E-state index contributed by atoms with van der Waals surface area (Å²) in [6.45, 7) is 7.69. The van der Waals surface area contributed by atoms with E-state index in [1.54, 1.807) is 0 Å². The van der Waals surface area contributed by atoms with Crippen molar-refractivity contribution in [3.63, 3.8) is 0 Å². The Hall–Kier alpha value is -1.10. The highest BCUT2D eigenvalue weighted by Gasteiger charge is 2.30. The second kappa shape index (κ2) is 7.25. The van der Waals surface area contributed by atoms with E-state index in [0.717, 1.165) is 31.5 Å².